The number of nitrogens with zero attached hydrogens (tertiary/aromatic N) is 2. The molecule has 0 aliphatic rings. The minimum atomic E-state index is -0.598. The van der Waals surface area contributed by atoms with Gasteiger partial charge in [-0.3, -0.25) is 4.79 Å². The normalized spacial score (nSPS) is 11.2. The second-order valence-corrected chi connectivity index (χ2v) is 9.43. The molecule has 3 aromatic carbocycles. The zero-order valence-corrected chi connectivity index (χ0v) is 21.4. The molecule has 0 aliphatic heterocycles. The molecule has 2 heterocycles. The average molecular weight is 518 g/mol. The van der Waals surface area contributed by atoms with Crippen LogP contribution in [0.25, 0.3) is 28.1 Å². The number of aromatic nitrogens is 1. The van der Waals surface area contributed by atoms with Gasteiger partial charge in [-0.25, -0.2) is 4.79 Å². The maximum Gasteiger partial charge on any atom is 0.341 e. The van der Waals surface area contributed by atoms with Crippen molar-refractivity contribution in [2.75, 3.05) is 12.4 Å². The Morgan fingerprint density at radius 3 is 2.39 bits per heavy atom. The Kier molecular flexibility index (Phi) is 7.16. The Bertz CT molecular complexity index is 1690. The van der Waals surface area contributed by atoms with Crippen LogP contribution in [0, 0.1) is 11.3 Å². The number of thiophene rings is 1. The molecule has 0 aliphatic carbocycles. The van der Waals surface area contributed by atoms with Crippen molar-refractivity contribution in [3.8, 4) is 17.2 Å². The lowest BCUT2D eigenvalue weighted by Gasteiger charge is -2.07. The lowest BCUT2D eigenvalue weighted by atomic mass is 10.0. The highest BCUT2D eigenvalue weighted by atomic mass is 32.1. The smallest absolute Gasteiger partial charge is 0.341 e. The summed E-state index contributed by atoms with van der Waals surface area (Å²) in [5, 5.41) is 15.7. The van der Waals surface area contributed by atoms with Crippen LogP contribution in [-0.2, 0) is 16.1 Å². The number of rotatable bonds is 7. The van der Waals surface area contributed by atoms with Gasteiger partial charge in [0.2, 0.25) is 0 Å². The first kappa shape index (κ1) is 24.8. The van der Waals surface area contributed by atoms with Crippen LogP contribution in [0.1, 0.15) is 21.5 Å². The van der Waals surface area contributed by atoms with Gasteiger partial charge in [-0.2, -0.15) is 5.26 Å². The molecule has 0 saturated heterocycles. The fraction of sp³-hybridized carbons (Fsp3) is 0.0645. The van der Waals surface area contributed by atoms with Gasteiger partial charge >= 0.3 is 5.97 Å². The van der Waals surface area contributed by atoms with Crippen molar-refractivity contribution in [3.05, 3.63) is 119 Å². The predicted octanol–water partition coefficient (Wildman–Crippen LogP) is 6.75. The summed E-state index contributed by atoms with van der Waals surface area (Å²) in [6.07, 6.45) is 3.53. The average Bonchev–Trinajstić information content (AvgIpc) is 3.53. The van der Waals surface area contributed by atoms with E-state index in [1.165, 1.54) is 18.4 Å². The molecule has 186 valence electrons. The van der Waals surface area contributed by atoms with Gasteiger partial charge in [-0.05, 0) is 23.3 Å². The largest absolute Gasteiger partial charge is 0.465 e. The molecular formula is C31H23N3O3S. The summed E-state index contributed by atoms with van der Waals surface area (Å²) < 4.78 is 7.10. The van der Waals surface area contributed by atoms with Gasteiger partial charge in [0.05, 0.1) is 7.11 Å². The molecule has 0 spiro atoms. The van der Waals surface area contributed by atoms with Crippen LogP contribution in [-0.4, -0.2) is 23.6 Å². The molecular weight excluding hydrogens is 494 g/mol. The van der Waals surface area contributed by atoms with Crippen molar-refractivity contribution in [3.63, 3.8) is 0 Å². The zero-order chi connectivity index (χ0) is 26.5. The lowest BCUT2D eigenvalue weighted by molar-refractivity contribution is -0.112. The molecule has 0 bridgehead atoms. The number of hydrogen-bond acceptors (Lipinski definition) is 5. The third-order valence-corrected chi connectivity index (χ3v) is 7.07. The number of anilines is 1. The van der Waals surface area contributed by atoms with Crippen LogP contribution in [0.5, 0.6) is 0 Å². The number of methoxy groups -OCH3 is 1. The first-order valence-electron chi connectivity index (χ1n) is 11.9. The highest BCUT2D eigenvalue weighted by molar-refractivity contribution is 7.15. The Hall–Kier alpha value is -4.93. The molecule has 1 amide bonds. The summed E-state index contributed by atoms with van der Waals surface area (Å²) in [7, 11) is 1.30. The van der Waals surface area contributed by atoms with Gasteiger partial charge in [-0.1, -0.05) is 78.9 Å². The molecule has 5 aromatic rings. The Labute approximate surface area is 224 Å². The van der Waals surface area contributed by atoms with E-state index in [1.54, 1.807) is 11.5 Å². The molecule has 5 rings (SSSR count). The van der Waals surface area contributed by atoms with E-state index in [-0.39, 0.29) is 11.1 Å². The summed E-state index contributed by atoms with van der Waals surface area (Å²) in [5.74, 6) is -1.16. The van der Waals surface area contributed by atoms with Crippen LogP contribution in [0.4, 0.5) is 5.00 Å². The minimum absolute atomic E-state index is 0.0712. The molecule has 0 atom stereocenters. The quantitative estimate of drug-likeness (QED) is 0.147. The second kappa shape index (κ2) is 11.0. The van der Waals surface area contributed by atoms with Gasteiger partial charge in [0.15, 0.2) is 0 Å². The van der Waals surface area contributed by atoms with Crippen LogP contribution >= 0.6 is 11.3 Å². The summed E-state index contributed by atoms with van der Waals surface area (Å²) in [5.41, 5.74) is 4.57. The highest BCUT2D eigenvalue weighted by Gasteiger charge is 2.23. The number of nitriles is 1. The topological polar surface area (TPSA) is 84.1 Å². The Balaban J connectivity index is 1.48. The molecule has 0 radical (unpaired) electrons. The van der Waals surface area contributed by atoms with E-state index >= 15 is 0 Å². The summed E-state index contributed by atoms with van der Waals surface area (Å²) in [6, 6.07) is 29.4. The number of nitrogens with one attached hydrogen (secondary N) is 1. The van der Waals surface area contributed by atoms with Crippen LogP contribution < -0.4 is 5.32 Å². The molecule has 2 aromatic heterocycles. The van der Waals surface area contributed by atoms with E-state index in [0.29, 0.717) is 17.1 Å². The van der Waals surface area contributed by atoms with Crippen molar-refractivity contribution >= 4 is 45.2 Å². The van der Waals surface area contributed by atoms with Gasteiger partial charge < -0.3 is 14.6 Å². The number of hydrogen-bond donors (Lipinski definition) is 1. The van der Waals surface area contributed by atoms with Crippen LogP contribution in [0.3, 0.4) is 0 Å². The van der Waals surface area contributed by atoms with E-state index in [4.69, 9.17) is 4.74 Å². The first-order chi connectivity index (χ1) is 18.6. The number of para-hydroxylation sites is 1. The maximum atomic E-state index is 13.2. The fourth-order valence-electron chi connectivity index (χ4n) is 4.36. The number of fused-ring (bicyclic) bond motifs is 1. The number of benzene rings is 3. The summed E-state index contributed by atoms with van der Waals surface area (Å²) in [6.45, 7) is 0.656. The van der Waals surface area contributed by atoms with E-state index < -0.39 is 11.9 Å². The van der Waals surface area contributed by atoms with Gasteiger partial charge in [0.1, 0.15) is 22.2 Å². The molecule has 7 heteroatoms. The van der Waals surface area contributed by atoms with E-state index in [0.717, 1.165) is 27.6 Å². The predicted molar refractivity (Wildman–Crippen MR) is 151 cm³/mol. The van der Waals surface area contributed by atoms with E-state index in [9.17, 15) is 14.9 Å². The highest BCUT2D eigenvalue weighted by Crippen LogP contribution is 2.36. The number of amides is 1. The minimum Gasteiger partial charge on any atom is -0.465 e. The van der Waals surface area contributed by atoms with Crippen molar-refractivity contribution in [2.45, 2.75) is 6.54 Å². The van der Waals surface area contributed by atoms with Crippen molar-refractivity contribution < 1.29 is 14.3 Å². The molecule has 1 N–H and O–H groups in total. The van der Waals surface area contributed by atoms with E-state index in [2.05, 4.69) is 22.0 Å². The van der Waals surface area contributed by atoms with E-state index in [1.807, 2.05) is 85.1 Å². The molecule has 0 unspecified atom stereocenters. The second-order valence-electron chi connectivity index (χ2n) is 8.55. The third kappa shape index (κ3) is 4.99. The van der Waals surface area contributed by atoms with Crippen LogP contribution in [0.2, 0.25) is 0 Å². The zero-order valence-electron chi connectivity index (χ0n) is 20.5. The van der Waals surface area contributed by atoms with Crippen LogP contribution in [0.15, 0.2) is 102 Å². The molecule has 6 nitrogen and oxygen atoms in total. The molecule has 0 fully saturated rings. The maximum absolute atomic E-state index is 13.2. The molecule has 0 saturated carbocycles. The number of esters is 1. The first-order valence-corrected chi connectivity index (χ1v) is 12.8. The third-order valence-electron chi connectivity index (χ3n) is 6.17. The molecule has 38 heavy (non-hydrogen) atoms. The summed E-state index contributed by atoms with van der Waals surface area (Å²) >= 11 is 1.21. The SMILES string of the molecule is COC(=O)c1c(-c2ccccc2)csc1NC(=O)/C(C#N)=C/c1cn(Cc2ccccc2)c2ccccc12. The van der Waals surface area contributed by atoms with Gasteiger partial charge in [0.25, 0.3) is 5.91 Å². The lowest BCUT2D eigenvalue weighted by Crippen LogP contribution is -2.15. The Morgan fingerprint density at radius 1 is 1.00 bits per heavy atom. The van der Waals surface area contributed by atoms with Crippen molar-refractivity contribution in [1.82, 2.24) is 4.57 Å². The van der Waals surface area contributed by atoms with Crippen molar-refractivity contribution in [2.24, 2.45) is 0 Å². The number of carbonyl (C=O) groups excluding carboxylic acids is 2. The monoisotopic (exact) mass is 517 g/mol. The van der Waals surface area contributed by atoms with Gasteiger partial charge in [0, 0.05) is 40.2 Å². The Morgan fingerprint density at radius 2 is 1.68 bits per heavy atom. The van der Waals surface area contributed by atoms with Gasteiger partial charge in [-0.15, -0.1) is 11.3 Å². The number of carbonyl (C=O) groups is 2. The number of ether oxygens (including phenoxy) is 1. The standard InChI is InChI=1S/C31H23N3O3S/c1-37-31(36)28-26(22-12-6-3-7-13-22)20-38-30(28)33-29(35)23(17-32)16-24-19-34(18-21-10-4-2-5-11-21)27-15-9-8-14-25(24)27/h2-16,19-20H,18H2,1H3,(H,33,35)/b23-16+. The summed E-state index contributed by atoms with van der Waals surface area (Å²) in [4.78, 5) is 25.9. The van der Waals surface area contributed by atoms with Crippen molar-refractivity contribution in [1.29, 1.82) is 5.26 Å². The fourth-order valence-corrected chi connectivity index (χ4v) is 5.31.